The Kier molecular flexibility index (Phi) is 3.34. The molecule has 1 N–H and O–H groups in total. The summed E-state index contributed by atoms with van der Waals surface area (Å²) in [6, 6.07) is 5.18. The Morgan fingerprint density at radius 1 is 1.19 bits per heavy atom. The zero-order chi connectivity index (χ0) is 17.7. The maximum atomic E-state index is 13.4. The van der Waals surface area contributed by atoms with Gasteiger partial charge >= 0.3 is 0 Å². The van der Waals surface area contributed by atoms with E-state index in [2.05, 4.69) is 30.9 Å². The van der Waals surface area contributed by atoms with Crippen molar-refractivity contribution in [2.45, 2.75) is 32.7 Å². The molecule has 6 nitrogen and oxygen atoms in total. The predicted octanol–water partition coefficient (Wildman–Crippen LogP) is 3.67. The van der Waals surface area contributed by atoms with Gasteiger partial charge in [0.2, 0.25) is 0 Å². The first kappa shape index (κ1) is 15.2. The lowest BCUT2D eigenvalue weighted by molar-refractivity contribution is 0.487. The highest BCUT2D eigenvalue weighted by molar-refractivity contribution is 5.97. The monoisotopic (exact) mass is 348 g/mol. The van der Waals surface area contributed by atoms with Gasteiger partial charge in [0.05, 0.1) is 18.1 Å². The van der Waals surface area contributed by atoms with E-state index >= 15 is 0 Å². The van der Waals surface area contributed by atoms with Gasteiger partial charge in [0.15, 0.2) is 5.65 Å². The molecule has 0 saturated carbocycles. The molecule has 1 aliphatic heterocycles. The summed E-state index contributed by atoms with van der Waals surface area (Å²) in [7, 11) is 0. The zero-order valence-corrected chi connectivity index (χ0v) is 14.3. The Morgan fingerprint density at radius 3 is 2.96 bits per heavy atom. The Labute approximate surface area is 149 Å². The Hall–Kier alpha value is -3.09. The number of H-pyrrole nitrogens is 1. The molecule has 5 rings (SSSR count). The maximum absolute atomic E-state index is 13.4. The third kappa shape index (κ3) is 2.31. The van der Waals surface area contributed by atoms with Gasteiger partial charge in [-0.1, -0.05) is 0 Å². The third-order valence-corrected chi connectivity index (χ3v) is 4.88. The van der Waals surface area contributed by atoms with E-state index in [0.29, 0.717) is 5.69 Å². The number of halogens is 1. The van der Waals surface area contributed by atoms with E-state index in [0.717, 1.165) is 59.4 Å². The second-order valence-corrected chi connectivity index (χ2v) is 6.66. The van der Waals surface area contributed by atoms with E-state index in [1.54, 1.807) is 12.3 Å². The summed E-state index contributed by atoms with van der Waals surface area (Å²) >= 11 is 0. The molecule has 0 unspecified atom stereocenters. The van der Waals surface area contributed by atoms with Crippen molar-refractivity contribution in [2.24, 2.45) is 0 Å². The Morgan fingerprint density at radius 2 is 2.12 bits per heavy atom. The topological polar surface area (TPSA) is 72.3 Å². The Balaban J connectivity index is 1.83. The average molecular weight is 348 g/mol. The third-order valence-electron chi connectivity index (χ3n) is 4.88. The summed E-state index contributed by atoms with van der Waals surface area (Å²) in [5.74, 6) is -0.351. The number of pyridine rings is 2. The van der Waals surface area contributed by atoms with Crippen LogP contribution in [0.3, 0.4) is 0 Å². The average Bonchev–Trinajstić information content (AvgIpc) is 3.26. The van der Waals surface area contributed by atoms with Crippen LogP contribution in [0, 0.1) is 12.7 Å². The standard InChI is InChI=1S/C19H17FN6/c1-11-8-13(14-10-22-24-19(14)23-11)17-16-4-2-3-7-26(16)25-18(17)15-6-5-12(20)9-21-15/h5-6,8-10H,2-4,7H2,1H3,(H,22,23,24). The number of rotatable bonds is 2. The van der Waals surface area contributed by atoms with Crippen molar-refractivity contribution in [2.75, 3.05) is 0 Å². The molecule has 7 heteroatoms. The van der Waals surface area contributed by atoms with Crippen LogP contribution in [0.5, 0.6) is 0 Å². The first-order chi connectivity index (χ1) is 12.7. The lowest BCUT2D eigenvalue weighted by Gasteiger charge is -2.15. The van der Waals surface area contributed by atoms with Crippen molar-refractivity contribution in [3.8, 4) is 22.5 Å². The minimum Gasteiger partial charge on any atom is -0.268 e. The maximum Gasteiger partial charge on any atom is 0.155 e. The summed E-state index contributed by atoms with van der Waals surface area (Å²) in [5.41, 5.74) is 6.43. The van der Waals surface area contributed by atoms with Crippen LogP contribution in [0.1, 0.15) is 24.2 Å². The number of hydrogen-bond donors (Lipinski definition) is 1. The van der Waals surface area contributed by atoms with Crippen LogP contribution in [0.2, 0.25) is 0 Å². The first-order valence-electron chi connectivity index (χ1n) is 8.73. The van der Waals surface area contributed by atoms with Gasteiger partial charge in [-0.25, -0.2) is 9.37 Å². The van der Waals surface area contributed by atoms with Crippen LogP contribution in [0.4, 0.5) is 4.39 Å². The van der Waals surface area contributed by atoms with Crippen molar-refractivity contribution in [1.29, 1.82) is 0 Å². The summed E-state index contributed by atoms with van der Waals surface area (Å²) < 4.78 is 15.4. The molecule has 0 aromatic carbocycles. The van der Waals surface area contributed by atoms with Crippen LogP contribution in [-0.4, -0.2) is 29.9 Å². The number of aromatic nitrogens is 6. The predicted molar refractivity (Wildman–Crippen MR) is 96.0 cm³/mol. The van der Waals surface area contributed by atoms with E-state index in [9.17, 15) is 4.39 Å². The van der Waals surface area contributed by atoms with Gasteiger partial charge < -0.3 is 0 Å². The molecular weight excluding hydrogens is 331 g/mol. The molecule has 0 amide bonds. The fourth-order valence-corrected chi connectivity index (χ4v) is 3.73. The van der Waals surface area contributed by atoms with E-state index in [1.165, 1.54) is 18.0 Å². The SMILES string of the molecule is Cc1cc(-c2c(-c3ccc(F)cn3)nn3c2CCCC3)c2cn[nH]c2n1. The van der Waals surface area contributed by atoms with Crippen molar-refractivity contribution in [3.63, 3.8) is 0 Å². The van der Waals surface area contributed by atoms with Gasteiger partial charge in [-0.15, -0.1) is 0 Å². The fraction of sp³-hybridized carbons (Fsp3) is 0.263. The number of nitrogens with zero attached hydrogens (tertiary/aromatic N) is 5. The molecule has 130 valence electrons. The molecule has 5 heterocycles. The van der Waals surface area contributed by atoms with Gasteiger partial charge in [-0.2, -0.15) is 10.2 Å². The van der Waals surface area contributed by atoms with Crippen molar-refractivity contribution >= 4 is 11.0 Å². The zero-order valence-electron chi connectivity index (χ0n) is 14.3. The van der Waals surface area contributed by atoms with Crippen molar-refractivity contribution in [1.82, 2.24) is 29.9 Å². The summed E-state index contributed by atoms with van der Waals surface area (Å²) in [4.78, 5) is 8.80. The lowest BCUT2D eigenvalue weighted by atomic mass is 9.95. The minimum atomic E-state index is -0.351. The van der Waals surface area contributed by atoms with Crippen LogP contribution in [0.25, 0.3) is 33.5 Å². The van der Waals surface area contributed by atoms with E-state index in [1.807, 2.05) is 6.92 Å². The van der Waals surface area contributed by atoms with Crippen molar-refractivity contribution < 1.29 is 4.39 Å². The summed E-state index contributed by atoms with van der Waals surface area (Å²) in [6.45, 7) is 2.86. The van der Waals surface area contributed by atoms with Crippen LogP contribution >= 0.6 is 0 Å². The Bertz CT molecular complexity index is 1110. The molecule has 0 atom stereocenters. The number of aryl methyl sites for hydroxylation is 2. The smallest absolute Gasteiger partial charge is 0.155 e. The quantitative estimate of drug-likeness (QED) is 0.600. The largest absolute Gasteiger partial charge is 0.268 e. The van der Waals surface area contributed by atoms with E-state index in [-0.39, 0.29) is 5.82 Å². The number of nitrogens with one attached hydrogen (secondary N) is 1. The molecule has 0 bridgehead atoms. The van der Waals surface area contributed by atoms with Crippen LogP contribution < -0.4 is 0 Å². The summed E-state index contributed by atoms with van der Waals surface area (Å²) in [6.07, 6.45) is 6.24. The van der Waals surface area contributed by atoms with Gasteiger partial charge in [-0.05, 0) is 44.4 Å². The normalized spacial score (nSPS) is 13.9. The first-order valence-corrected chi connectivity index (χ1v) is 8.73. The van der Waals surface area contributed by atoms with E-state index in [4.69, 9.17) is 5.10 Å². The lowest BCUT2D eigenvalue weighted by Crippen LogP contribution is -2.11. The molecule has 1 aliphatic rings. The van der Waals surface area contributed by atoms with E-state index < -0.39 is 0 Å². The number of fused-ring (bicyclic) bond motifs is 2. The molecule has 0 saturated heterocycles. The van der Waals surface area contributed by atoms with Gasteiger partial charge in [0.1, 0.15) is 11.5 Å². The molecule has 0 aliphatic carbocycles. The molecule has 4 aromatic rings. The summed E-state index contributed by atoms with van der Waals surface area (Å²) in [5, 5.41) is 12.9. The highest BCUT2D eigenvalue weighted by atomic mass is 19.1. The van der Waals surface area contributed by atoms with Crippen molar-refractivity contribution in [3.05, 3.63) is 47.8 Å². The second-order valence-electron chi connectivity index (χ2n) is 6.66. The molecule has 26 heavy (non-hydrogen) atoms. The molecule has 4 aromatic heterocycles. The molecule has 0 spiro atoms. The highest BCUT2D eigenvalue weighted by Gasteiger charge is 2.25. The highest BCUT2D eigenvalue weighted by Crippen LogP contribution is 2.39. The van der Waals surface area contributed by atoms with Crippen LogP contribution in [-0.2, 0) is 13.0 Å². The molecule has 0 fully saturated rings. The number of aromatic amines is 1. The fourth-order valence-electron chi connectivity index (χ4n) is 3.73. The number of hydrogen-bond acceptors (Lipinski definition) is 4. The van der Waals surface area contributed by atoms with Gasteiger partial charge in [0, 0.05) is 34.4 Å². The van der Waals surface area contributed by atoms with Gasteiger partial charge in [-0.3, -0.25) is 14.8 Å². The van der Waals surface area contributed by atoms with Crippen LogP contribution in [0.15, 0.2) is 30.6 Å². The second kappa shape index (κ2) is 5.72. The molecule has 0 radical (unpaired) electrons. The van der Waals surface area contributed by atoms with Gasteiger partial charge in [0.25, 0.3) is 0 Å². The molecular formula is C19H17FN6. The minimum absolute atomic E-state index is 0.351.